The van der Waals surface area contributed by atoms with Crippen LogP contribution in [-0.4, -0.2) is 34.9 Å². The van der Waals surface area contributed by atoms with E-state index in [1.54, 1.807) is 12.3 Å². The molecule has 1 saturated heterocycles. The maximum Gasteiger partial charge on any atom is 0.323 e. The maximum atomic E-state index is 15.4. The molecule has 2 N–H and O–H groups in total. The van der Waals surface area contributed by atoms with Crippen LogP contribution in [-0.2, 0) is 0 Å². The molecule has 188 valence electrons. The summed E-state index contributed by atoms with van der Waals surface area (Å²) in [5.41, 5.74) is 0.389. The number of anilines is 3. The van der Waals surface area contributed by atoms with E-state index in [0.717, 1.165) is 44.1 Å². The molecule has 1 fully saturated rings. The molecular weight excluding hydrogens is 507 g/mol. The van der Waals surface area contributed by atoms with E-state index in [1.165, 1.54) is 24.3 Å². The number of halogens is 4. The summed E-state index contributed by atoms with van der Waals surface area (Å²) in [6, 6.07) is 8.93. The number of amides is 2. The third-order valence-electron chi connectivity index (χ3n) is 5.97. The lowest BCUT2D eigenvalue weighted by Gasteiger charge is -2.16. The van der Waals surface area contributed by atoms with Gasteiger partial charge in [-0.2, -0.15) is 0 Å². The van der Waals surface area contributed by atoms with Crippen LogP contribution >= 0.6 is 11.6 Å². The van der Waals surface area contributed by atoms with Gasteiger partial charge in [-0.05, 0) is 55.3 Å². The third kappa shape index (κ3) is 5.05. The molecule has 1 aliphatic heterocycles. The van der Waals surface area contributed by atoms with Gasteiger partial charge >= 0.3 is 6.03 Å². The zero-order valence-corrected chi connectivity index (χ0v) is 20.0. The molecule has 0 atom stereocenters. The lowest BCUT2D eigenvalue weighted by Crippen LogP contribution is -2.21. The first kappa shape index (κ1) is 24.5. The molecule has 2 heterocycles. The second kappa shape index (κ2) is 10.1. The van der Waals surface area contributed by atoms with Crippen molar-refractivity contribution in [1.29, 1.82) is 0 Å². The summed E-state index contributed by atoms with van der Waals surface area (Å²) in [6.45, 7) is 1.76. The monoisotopic (exact) mass is 525 g/mol. The number of rotatable bonds is 5. The quantitative estimate of drug-likeness (QED) is 0.304. The zero-order valence-electron chi connectivity index (χ0n) is 19.2. The molecule has 4 aromatic rings. The predicted octanol–water partition coefficient (Wildman–Crippen LogP) is 6.18. The molecule has 0 unspecified atom stereocenters. The lowest BCUT2D eigenvalue weighted by atomic mass is 10.0. The van der Waals surface area contributed by atoms with Crippen LogP contribution in [0, 0.1) is 17.5 Å². The SMILES string of the molecule is O=C(Nc1ccc(F)c(F)c1)Nc1ccc(Cl)c(C(=O)c2ccc3ncc(N4CCCC4)nc3c2)c1F. The van der Waals surface area contributed by atoms with Gasteiger partial charge in [0.25, 0.3) is 0 Å². The van der Waals surface area contributed by atoms with Crippen molar-refractivity contribution in [3.8, 4) is 0 Å². The highest BCUT2D eigenvalue weighted by atomic mass is 35.5. The normalized spacial score (nSPS) is 13.1. The number of aromatic nitrogens is 2. The number of ketones is 1. The van der Waals surface area contributed by atoms with Crippen molar-refractivity contribution in [3.05, 3.63) is 88.3 Å². The van der Waals surface area contributed by atoms with Gasteiger partial charge in [-0.1, -0.05) is 11.6 Å². The van der Waals surface area contributed by atoms with E-state index in [2.05, 4.69) is 25.5 Å². The molecule has 0 bridgehead atoms. The lowest BCUT2D eigenvalue weighted by molar-refractivity contribution is 0.103. The molecule has 7 nitrogen and oxygen atoms in total. The molecule has 3 aromatic carbocycles. The summed E-state index contributed by atoms with van der Waals surface area (Å²) in [6.07, 6.45) is 3.82. The summed E-state index contributed by atoms with van der Waals surface area (Å²) in [7, 11) is 0. The van der Waals surface area contributed by atoms with Crippen molar-refractivity contribution < 1.29 is 22.8 Å². The minimum absolute atomic E-state index is 0.0485. The third-order valence-corrected chi connectivity index (χ3v) is 6.28. The number of benzene rings is 3. The molecule has 2 amide bonds. The number of fused-ring (bicyclic) bond motifs is 1. The number of hydrogen-bond donors (Lipinski definition) is 2. The van der Waals surface area contributed by atoms with Crippen molar-refractivity contribution in [2.75, 3.05) is 28.6 Å². The maximum absolute atomic E-state index is 15.4. The number of carbonyl (C=O) groups excluding carboxylic acids is 2. The molecule has 1 aliphatic rings. The predicted molar refractivity (Wildman–Crippen MR) is 135 cm³/mol. The Hall–Kier alpha value is -4.18. The van der Waals surface area contributed by atoms with E-state index < -0.39 is 34.8 Å². The summed E-state index contributed by atoms with van der Waals surface area (Å²) < 4.78 is 41.9. The van der Waals surface area contributed by atoms with Gasteiger partial charge in [0.15, 0.2) is 23.2 Å². The Morgan fingerprint density at radius 3 is 2.43 bits per heavy atom. The standard InChI is InChI=1S/C26H19ClF3N5O2/c27-16-5-8-20(34-26(37)32-15-4-6-17(28)18(29)12-15)24(30)23(16)25(36)14-3-7-19-21(11-14)33-22(13-31-19)35-9-1-2-10-35/h3-8,11-13H,1-2,9-10H2,(H2,32,34,37). The fraction of sp³-hybridized carbons (Fsp3) is 0.154. The van der Waals surface area contributed by atoms with Crippen LogP contribution in [0.2, 0.25) is 5.02 Å². The van der Waals surface area contributed by atoms with Gasteiger partial charge in [0.2, 0.25) is 0 Å². The Bertz CT molecular complexity index is 1540. The molecule has 11 heteroatoms. The van der Waals surface area contributed by atoms with Crippen molar-refractivity contribution in [2.45, 2.75) is 12.8 Å². The Morgan fingerprint density at radius 2 is 1.68 bits per heavy atom. The fourth-order valence-corrected chi connectivity index (χ4v) is 4.33. The topological polar surface area (TPSA) is 87.2 Å². The van der Waals surface area contributed by atoms with E-state index in [-0.39, 0.29) is 22.0 Å². The molecule has 0 radical (unpaired) electrons. The van der Waals surface area contributed by atoms with Gasteiger partial charge in [-0.3, -0.25) is 9.78 Å². The first-order valence-corrected chi connectivity index (χ1v) is 11.8. The van der Waals surface area contributed by atoms with Gasteiger partial charge in [0.1, 0.15) is 5.82 Å². The van der Waals surface area contributed by atoms with E-state index >= 15 is 4.39 Å². The van der Waals surface area contributed by atoms with Gasteiger partial charge in [-0.15, -0.1) is 0 Å². The van der Waals surface area contributed by atoms with E-state index in [1.807, 2.05) is 0 Å². The zero-order chi connectivity index (χ0) is 26.1. The Morgan fingerprint density at radius 1 is 0.892 bits per heavy atom. The molecule has 5 rings (SSSR count). The Balaban J connectivity index is 1.40. The molecular formula is C26H19ClF3N5O2. The first-order valence-electron chi connectivity index (χ1n) is 11.4. The molecule has 1 aromatic heterocycles. The fourth-order valence-electron chi connectivity index (χ4n) is 4.10. The molecule has 0 spiro atoms. The highest BCUT2D eigenvalue weighted by Gasteiger charge is 2.23. The first-order chi connectivity index (χ1) is 17.8. The minimum atomic E-state index is -1.16. The summed E-state index contributed by atoms with van der Waals surface area (Å²) in [5, 5.41) is 4.38. The number of nitrogens with zero attached hydrogens (tertiary/aromatic N) is 3. The van der Waals surface area contributed by atoms with Crippen LogP contribution in [0.1, 0.15) is 28.8 Å². The van der Waals surface area contributed by atoms with Crippen molar-refractivity contribution in [2.24, 2.45) is 0 Å². The van der Waals surface area contributed by atoms with Crippen LogP contribution in [0.5, 0.6) is 0 Å². The Kier molecular flexibility index (Phi) is 6.66. The van der Waals surface area contributed by atoms with Crippen molar-refractivity contribution in [1.82, 2.24) is 9.97 Å². The van der Waals surface area contributed by atoms with Crippen molar-refractivity contribution >= 4 is 51.6 Å². The van der Waals surface area contributed by atoms with Crippen LogP contribution in [0.3, 0.4) is 0 Å². The average molecular weight is 526 g/mol. The van der Waals surface area contributed by atoms with E-state index in [9.17, 15) is 18.4 Å². The Labute approximate surface area is 214 Å². The molecule has 0 aliphatic carbocycles. The summed E-state index contributed by atoms with van der Waals surface area (Å²) in [5.74, 6) is -3.28. The van der Waals surface area contributed by atoms with Gasteiger partial charge < -0.3 is 15.5 Å². The minimum Gasteiger partial charge on any atom is -0.355 e. The van der Waals surface area contributed by atoms with Crippen molar-refractivity contribution in [3.63, 3.8) is 0 Å². The smallest absolute Gasteiger partial charge is 0.323 e. The second-order valence-corrected chi connectivity index (χ2v) is 8.85. The van der Waals surface area contributed by atoms with E-state index in [0.29, 0.717) is 16.9 Å². The number of carbonyl (C=O) groups is 2. The molecule has 37 heavy (non-hydrogen) atoms. The second-order valence-electron chi connectivity index (χ2n) is 8.45. The number of hydrogen-bond acceptors (Lipinski definition) is 5. The van der Waals surface area contributed by atoms with Gasteiger partial charge in [-0.25, -0.2) is 22.9 Å². The number of urea groups is 1. The van der Waals surface area contributed by atoms with Crippen LogP contribution in [0.15, 0.2) is 54.7 Å². The largest absolute Gasteiger partial charge is 0.355 e. The van der Waals surface area contributed by atoms with Crippen LogP contribution in [0.25, 0.3) is 11.0 Å². The van der Waals surface area contributed by atoms with Crippen LogP contribution in [0.4, 0.5) is 35.2 Å². The highest BCUT2D eigenvalue weighted by molar-refractivity contribution is 6.35. The molecule has 0 saturated carbocycles. The van der Waals surface area contributed by atoms with Gasteiger partial charge in [0.05, 0.1) is 33.5 Å². The average Bonchev–Trinajstić information content (AvgIpc) is 3.42. The summed E-state index contributed by atoms with van der Waals surface area (Å²) >= 11 is 6.17. The number of nitrogens with one attached hydrogen (secondary N) is 2. The van der Waals surface area contributed by atoms with Gasteiger partial charge in [0, 0.05) is 30.4 Å². The van der Waals surface area contributed by atoms with E-state index in [4.69, 9.17) is 11.6 Å². The summed E-state index contributed by atoms with van der Waals surface area (Å²) in [4.78, 5) is 36.7. The van der Waals surface area contributed by atoms with Crippen LogP contribution < -0.4 is 15.5 Å². The highest BCUT2D eigenvalue weighted by Crippen LogP contribution is 2.29.